The van der Waals surface area contributed by atoms with Gasteiger partial charge in [0.2, 0.25) is 5.60 Å². The number of carbonyl (C=O) groups is 5. The summed E-state index contributed by atoms with van der Waals surface area (Å²) in [4.78, 5) is 66.3. The molecular weight excluding hydrogens is 524 g/mol. The molecule has 6 fully saturated rings. The second-order valence-electron chi connectivity index (χ2n) is 12.9. The first-order valence-electron chi connectivity index (χ1n) is 13.5. The van der Waals surface area contributed by atoms with Gasteiger partial charge < -0.3 is 28.4 Å². The normalized spacial score (nSPS) is 49.6. The summed E-state index contributed by atoms with van der Waals surface area (Å²) in [5, 5.41) is 0. The Morgan fingerprint density at radius 2 is 1.52 bits per heavy atom. The molecule has 0 radical (unpaired) electrons. The van der Waals surface area contributed by atoms with Crippen molar-refractivity contribution < 1.29 is 52.4 Å². The van der Waals surface area contributed by atoms with Gasteiger partial charge in [-0.3, -0.25) is 19.2 Å². The molecule has 0 aromatic carbocycles. The quantitative estimate of drug-likeness (QED) is 0.280. The predicted octanol–water partition coefficient (Wildman–Crippen LogP) is 2.24. The van der Waals surface area contributed by atoms with Crippen LogP contribution in [0.25, 0.3) is 0 Å². The van der Waals surface area contributed by atoms with Gasteiger partial charge in [-0.1, -0.05) is 20.1 Å². The molecule has 6 rings (SSSR count). The molecule has 3 bridgehead atoms. The van der Waals surface area contributed by atoms with Crippen LogP contribution in [0.5, 0.6) is 0 Å². The van der Waals surface area contributed by atoms with E-state index in [4.69, 9.17) is 28.4 Å². The third kappa shape index (κ3) is 2.29. The first kappa shape index (κ1) is 27.0. The minimum atomic E-state index is -2.05. The Morgan fingerprint density at radius 1 is 0.900 bits per heavy atom. The van der Waals surface area contributed by atoms with E-state index >= 15 is 0 Å². The van der Waals surface area contributed by atoms with Crippen molar-refractivity contribution in [2.75, 3.05) is 0 Å². The smallest absolute Gasteiger partial charge is 0.345 e. The monoisotopic (exact) mass is 558 g/mol. The number of carbonyl (C=O) groups excluding carboxylic acids is 5. The maximum Gasteiger partial charge on any atom is 0.345 e. The molecule has 2 saturated carbocycles. The van der Waals surface area contributed by atoms with E-state index in [-0.39, 0.29) is 24.8 Å². The molecule has 9 atom stereocenters. The highest BCUT2D eigenvalue weighted by Gasteiger charge is 3.01. The van der Waals surface area contributed by atoms with Crippen LogP contribution in [-0.4, -0.2) is 70.6 Å². The molecule has 11 nitrogen and oxygen atoms in total. The maximum atomic E-state index is 14.2. The maximum absolute atomic E-state index is 14.2. The minimum absolute atomic E-state index is 0.0361. The standard InChI is InChI=1S/C29H34O11/c1-13-24(8)20(37-17(5)31)28-14(2)26(11-10-19(32)38-23(26,6)7)12-18(36-16(4)30)25(28,9)27(13)21(33)35-15(3)29(27,40-28)22(34)39-24/h15,18,20H,1-2,10-12H2,3-9H3/t15-,18-,20-,24+,25-,26+,27+,28+,29-/m1/s1. The number of hydrogen-bond donors (Lipinski definition) is 0. The van der Waals surface area contributed by atoms with Gasteiger partial charge in [-0.25, -0.2) is 4.79 Å². The molecule has 216 valence electrons. The molecule has 0 unspecified atom stereocenters. The minimum Gasteiger partial charge on any atom is -0.462 e. The third-order valence-corrected chi connectivity index (χ3v) is 11.2. The van der Waals surface area contributed by atoms with Crippen molar-refractivity contribution in [1.82, 2.24) is 0 Å². The molecule has 11 heteroatoms. The van der Waals surface area contributed by atoms with Gasteiger partial charge in [-0.15, -0.1) is 0 Å². The Balaban J connectivity index is 1.77. The van der Waals surface area contributed by atoms with E-state index < -0.39 is 86.8 Å². The molecule has 40 heavy (non-hydrogen) atoms. The van der Waals surface area contributed by atoms with Gasteiger partial charge in [0.1, 0.15) is 28.8 Å². The van der Waals surface area contributed by atoms with Crippen molar-refractivity contribution in [2.24, 2.45) is 16.2 Å². The largest absolute Gasteiger partial charge is 0.462 e. The van der Waals surface area contributed by atoms with Gasteiger partial charge in [0.15, 0.2) is 11.7 Å². The topological polar surface area (TPSA) is 141 Å². The van der Waals surface area contributed by atoms with E-state index in [2.05, 4.69) is 13.2 Å². The van der Waals surface area contributed by atoms with Gasteiger partial charge in [0, 0.05) is 25.7 Å². The van der Waals surface area contributed by atoms with Crippen molar-refractivity contribution in [2.45, 2.75) is 108 Å². The summed E-state index contributed by atoms with van der Waals surface area (Å²) in [6.07, 6.45) is -3.27. The van der Waals surface area contributed by atoms with Gasteiger partial charge in [0.25, 0.3) is 0 Å². The Bertz CT molecular complexity index is 1360. The van der Waals surface area contributed by atoms with Crippen molar-refractivity contribution in [1.29, 1.82) is 0 Å². The fourth-order valence-electron chi connectivity index (χ4n) is 9.48. The number of hydrogen-bond acceptors (Lipinski definition) is 11. The fourth-order valence-corrected chi connectivity index (χ4v) is 9.48. The Hall–Kier alpha value is -3.21. The van der Waals surface area contributed by atoms with Crippen LogP contribution >= 0.6 is 0 Å². The van der Waals surface area contributed by atoms with Crippen molar-refractivity contribution in [3.05, 3.63) is 24.3 Å². The van der Waals surface area contributed by atoms with E-state index in [9.17, 15) is 24.0 Å². The molecule has 4 aliphatic heterocycles. The van der Waals surface area contributed by atoms with Gasteiger partial charge >= 0.3 is 29.8 Å². The average Bonchev–Trinajstić information content (AvgIpc) is 3.14. The molecule has 0 N–H and O–H groups in total. The molecular formula is C29H34O11. The Labute approximate surface area is 231 Å². The summed E-state index contributed by atoms with van der Waals surface area (Å²) >= 11 is 0. The number of cyclic esters (lactones) is 2. The van der Waals surface area contributed by atoms with Crippen LogP contribution in [0.3, 0.4) is 0 Å². The summed E-state index contributed by atoms with van der Waals surface area (Å²) < 4.78 is 36.7. The second-order valence-corrected chi connectivity index (χ2v) is 12.9. The average molecular weight is 559 g/mol. The van der Waals surface area contributed by atoms with Crippen molar-refractivity contribution in [3.8, 4) is 0 Å². The van der Waals surface area contributed by atoms with E-state index in [1.54, 1.807) is 20.8 Å². The highest BCUT2D eigenvalue weighted by atomic mass is 16.7. The highest BCUT2D eigenvalue weighted by molar-refractivity contribution is 6.03. The first-order chi connectivity index (χ1) is 18.4. The molecule has 0 aromatic rings. The van der Waals surface area contributed by atoms with Gasteiger partial charge in [-0.2, -0.15) is 0 Å². The van der Waals surface area contributed by atoms with E-state index in [0.717, 1.165) is 0 Å². The zero-order valence-corrected chi connectivity index (χ0v) is 23.8. The Kier molecular flexibility index (Phi) is 4.83. The van der Waals surface area contributed by atoms with E-state index in [1.165, 1.54) is 27.7 Å². The van der Waals surface area contributed by atoms with Crippen molar-refractivity contribution >= 4 is 29.8 Å². The molecule has 0 aromatic heterocycles. The first-order valence-corrected chi connectivity index (χ1v) is 13.5. The lowest BCUT2D eigenvalue weighted by Crippen LogP contribution is -2.82. The summed E-state index contributed by atoms with van der Waals surface area (Å²) in [5.41, 5.74) is -10.9. The van der Waals surface area contributed by atoms with Crippen LogP contribution in [-0.2, 0) is 52.4 Å². The summed E-state index contributed by atoms with van der Waals surface area (Å²) in [6, 6.07) is 0. The van der Waals surface area contributed by atoms with Crippen LogP contribution in [0, 0.1) is 16.2 Å². The zero-order chi connectivity index (χ0) is 29.6. The highest BCUT2D eigenvalue weighted by Crippen LogP contribution is 2.84. The van der Waals surface area contributed by atoms with Crippen molar-refractivity contribution in [3.63, 3.8) is 0 Å². The van der Waals surface area contributed by atoms with Crippen LogP contribution in [0.2, 0.25) is 0 Å². The number of ether oxygens (including phenoxy) is 6. The number of rotatable bonds is 2. The van der Waals surface area contributed by atoms with Gasteiger partial charge in [-0.05, 0) is 51.7 Å². The van der Waals surface area contributed by atoms with Crippen LogP contribution in [0.1, 0.15) is 67.7 Å². The van der Waals surface area contributed by atoms with E-state index in [1.807, 2.05) is 0 Å². The van der Waals surface area contributed by atoms with Crippen LogP contribution in [0.4, 0.5) is 0 Å². The SMILES string of the molecule is C=C1[C@@]23C(=O)O[C@H](C)[C@]24O[C@@]2(C(=C)[C@]5(CCC(=O)OC5(C)C)C[C@@H](OC(C)=O)[C@]32C)[C@H](OC(C)=O)[C@@]1(C)OC4=O. The molecule has 0 amide bonds. The number of fused-ring (bicyclic) bond motifs is 1. The lowest BCUT2D eigenvalue weighted by Gasteiger charge is -2.69. The second kappa shape index (κ2) is 7.16. The van der Waals surface area contributed by atoms with E-state index in [0.29, 0.717) is 5.57 Å². The Morgan fingerprint density at radius 3 is 2.10 bits per heavy atom. The molecule has 2 aliphatic carbocycles. The number of esters is 5. The molecule has 2 spiro atoms. The van der Waals surface area contributed by atoms with Gasteiger partial charge in [0.05, 0.1) is 5.41 Å². The lowest BCUT2D eigenvalue weighted by molar-refractivity contribution is -0.273. The molecule has 6 aliphatic rings. The zero-order valence-electron chi connectivity index (χ0n) is 23.8. The van der Waals surface area contributed by atoms with Crippen LogP contribution in [0.15, 0.2) is 24.3 Å². The molecule has 4 heterocycles. The summed E-state index contributed by atoms with van der Waals surface area (Å²) in [7, 11) is 0. The summed E-state index contributed by atoms with van der Waals surface area (Å²) in [6.45, 7) is 19.5. The lowest BCUT2D eigenvalue weighted by atomic mass is 9.34. The fraction of sp³-hybridized carbons (Fsp3) is 0.690. The van der Waals surface area contributed by atoms with Crippen LogP contribution < -0.4 is 0 Å². The third-order valence-electron chi connectivity index (χ3n) is 11.2. The molecule has 4 saturated heterocycles. The summed E-state index contributed by atoms with van der Waals surface area (Å²) in [5.74, 6) is -3.39. The predicted molar refractivity (Wildman–Crippen MR) is 133 cm³/mol.